The molecule has 24 aromatic rings. The minimum Gasteiger partial charge on any atom is -0.311 e. The van der Waals surface area contributed by atoms with E-state index in [1.54, 1.807) is 0 Å². The molecular weight excluding hydrogens is 1720 g/mol. The van der Waals surface area contributed by atoms with Crippen molar-refractivity contribution in [2.75, 3.05) is 14.7 Å². The van der Waals surface area contributed by atoms with Gasteiger partial charge >= 0.3 is 0 Å². The van der Waals surface area contributed by atoms with Crippen molar-refractivity contribution in [1.29, 1.82) is 0 Å². The summed E-state index contributed by atoms with van der Waals surface area (Å²) in [6.45, 7) is 0. The van der Waals surface area contributed by atoms with E-state index in [4.69, 9.17) is 0 Å². The fourth-order valence-corrected chi connectivity index (χ4v) is 19.8. The topological polar surface area (TPSA) is 9.72 Å². The van der Waals surface area contributed by atoms with Gasteiger partial charge < -0.3 is 14.7 Å². The molecule has 0 spiro atoms. The predicted molar refractivity (Wildman–Crippen MR) is 609 cm³/mol. The van der Waals surface area contributed by atoms with Crippen molar-refractivity contribution in [1.82, 2.24) is 0 Å². The number of nitrogens with zero attached hydrogens (tertiary/aromatic N) is 3. The lowest BCUT2D eigenvalue weighted by Crippen LogP contribution is -2.13. The van der Waals surface area contributed by atoms with Gasteiger partial charge in [-0.15, -0.1) is 0 Å². The maximum absolute atomic E-state index is 2.43. The fourth-order valence-electron chi connectivity index (χ4n) is 19.8. The number of anilines is 9. The van der Waals surface area contributed by atoms with Crippen LogP contribution in [0.4, 0.5) is 51.2 Å². The number of para-hydroxylation sites is 3. The van der Waals surface area contributed by atoms with Crippen molar-refractivity contribution in [2.45, 2.75) is 0 Å². The number of rotatable bonds is 22. The molecule has 0 aromatic heterocycles. The summed E-state index contributed by atoms with van der Waals surface area (Å²) < 4.78 is 0. The van der Waals surface area contributed by atoms with Crippen molar-refractivity contribution in [3.63, 3.8) is 0 Å². The third-order valence-electron chi connectivity index (χ3n) is 26.8. The molecule has 0 saturated heterocycles. The summed E-state index contributed by atoms with van der Waals surface area (Å²) in [5, 5.41) is 5.02. The highest BCUT2D eigenvalue weighted by Crippen LogP contribution is 2.52. The third kappa shape index (κ3) is 19.8. The lowest BCUT2D eigenvalue weighted by Gasteiger charge is -2.31. The van der Waals surface area contributed by atoms with Crippen LogP contribution in [0.15, 0.2) is 613 Å². The molecule has 3 nitrogen and oxygen atoms in total. The normalized spacial score (nSPS) is 10.9. The third-order valence-corrected chi connectivity index (χ3v) is 26.8. The number of fused-ring (bicyclic) bond motifs is 2. The van der Waals surface area contributed by atoms with Gasteiger partial charge in [0.1, 0.15) is 0 Å². The van der Waals surface area contributed by atoms with Crippen molar-refractivity contribution in [2.24, 2.45) is 0 Å². The standard InChI is InChI=1S/C56H39N.C48H35N.C36H27N/c1-3-13-40(14-4-1)47-37-48(41-15-5-2-6-16-41)39-49(38-47)42-25-31-50(32-26-42)57(51-33-27-45(28-34-51)55-23-11-19-43-17-7-9-21-53(43)55)52-35-29-46(30-36-52)56-24-12-20-44-18-8-10-22-54(44)56;1-6-16-36(17-7-1)39-26-30-44(31-27-39)49(45-32-28-40(29-33-45)37-18-8-2-9-19-37)48-46(41-22-12-4-13-23-41)34-43(38-20-10-3-11-21-38)35-47(48)42-24-14-5-15-25-42;1-4-16-28(17-5-1)31-22-10-13-25-34(31)37(35-26-14-11-23-32(35)29-18-6-2-7-19-29)36-27-15-12-24-33(36)30-20-8-3-9-21-30/h1-39H;1-35H;1-27H. The molecule has 0 heterocycles. The van der Waals surface area contributed by atoms with Crippen LogP contribution in [-0.4, -0.2) is 0 Å². The maximum Gasteiger partial charge on any atom is 0.0618 e. The zero-order valence-electron chi connectivity index (χ0n) is 79.2. The fraction of sp³-hybridized carbons (Fsp3) is 0. The molecule has 0 saturated carbocycles. The Morgan fingerprint density at radius 2 is 0.280 bits per heavy atom. The van der Waals surface area contributed by atoms with Crippen molar-refractivity contribution < 1.29 is 0 Å². The van der Waals surface area contributed by atoms with E-state index in [1.807, 2.05) is 0 Å². The zero-order valence-corrected chi connectivity index (χ0v) is 79.2. The largest absolute Gasteiger partial charge is 0.311 e. The van der Waals surface area contributed by atoms with Crippen molar-refractivity contribution >= 4 is 72.7 Å². The molecule has 143 heavy (non-hydrogen) atoms. The van der Waals surface area contributed by atoms with E-state index < -0.39 is 0 Å². The number of hydrogen-bond donors (Lipinski definition) is 0. The Bertz CT molecular complexity index is 7860. The molecule has 0 radical (unpaired) electrons. The molecule has 0 fully saturated rings. The van der Waals surface area contributed by atoms with Gasteiger partial charge in [0.15, 0.2) is 0 Å². The van der Waals surface area contributed by atoms with Gasteiger partial charge in [0.2, 0.25) is 0 Å². The van der Waals surface area contributed by atoms with Crippen LogP contribution in [0.3, 0.4) is 0 Å². The van der Waals surface area contributed by atoms with E-state index in [9.17, 15) is 0 Å². The van der Waals surface area contributed by atoms with Crippen molar-refractivity contribution in [3.05, 3.63) is 613 Å². The molecule has 0 N–H and O–H groups in total. The SMILES string of the molecule is c1ccc(-c2cc(-c3ccccc3)cc(-c3ccc(N(c4ccc(-c5cccc6ccccc56)cc4)c4ccc(-c5cccc6ccccc56)cc4)cc3)c2)cc1.c1ccc(-c2ccc(N(c3ccc(-c4ccccc4)cc3)c3c(-c4ccccc4)cc(-c4ccccc4)cc3-c3ccccc3)cc2)cc1.c1ccc(-c2ccccc2N(c2ccccc2-c2ccccc2)c2ccccc2-c2ccccc2)cc1. The number of hydrogen-bond acceptors (Lipinski definition) is 3. The molecule has 24 rings (SSSR count). The molecule has 0 unspecified atom stereocenters. The quantitative estimate of drug-likeness (QED) is 0.0670. The maximum atomic E-state index is 2.43. The summed E-state index contributed by atoms with van der Waals surface area (Å²) >= 11 is 0. The van der Waals surface area contributed by atoms with Gasteiger partial charge in [-0.25, -0.2) is 0 Å². The van der Waals surface area contributed by atoms with Gasteiger partial charge in [-0.1, -0.05) is 504 Å². The minimum atomic E-state index is 1.09. The lowest BCUT2D eigenvalue weighted by atomic mass is 9.89. The first-order valence-corrected chi connectivity index (χ1v) is 49.0. The summed E-state index contributed by atoms with van der Waals surface area (Å²) in [5.74, 6) is 0. The Kier molecular flexibility index (Phi) is 26.5. The van der Waals surface area contributed by atoms with Crippen LogP contribution in [0, 0.1) is 0 Å². The van der Waals surface area contributed by atoms with E-state index in [0.29, 0.717) is 0 Å². The first-order valence-electron chi connectivity index (χ1n) is 49.0. The van der Waals surface area contributed by atoms with Crippen LogP contribution in [-0.2, 0) is 0 Å². The first kappa shape index (κ1) is 89.4. The highest BCUT2D eigenvalue weighted by atomic mass is 15.2. The molecular formula is C140H101N3. The van der Waals surface area contributed by atoms with Crippen LogP contribution in [0.2, 0.25) is 0 Å². The van der Waals surface area contributed by atoms with E-state index in [2.05, 4.69) is 627 Å². The monoisotopic (exact) mass is 1820 g/mol. The average Bonchev–Trinajstić information content (AvgIpc) is 0.738. The van der Waals surface area contributed by atoms with Crippen LogP contribution >= 0.6 is 0 Å². The summed E-state index contributed by atoms with van der Waals surface area (Å²) in [7, 11) is 0. The summed E-state index contributed by atoms with van der Waals surface area (Å²) in [6, 6.07) is 220. The van der Waals surface area contributed by atoms with Gasteiger partial charge in [0, 0.05) is 56.3 Å². The molecule has 0 aliphatic heterocycles. The lowest BCUT2D eigenvalue weighted by molar-refractivity contribution is 1.28. The molecule has 0 atom stereocenters. The molecule has 0 aliphatic carbocycles. The first-order chi connectivity index (χ1) is 71.0. The summed E-state index contributed by atoms with van der Waals surface area (Å²) in [6.07, 6.45) is 0. The van der Waals surface area contributed by atoms with Crippen LogP contribution in [0.1, 0.15) is 0 Å². The second-order valence-electron chi connectivity index (χ2n) is 35.7. The van der Waals surface area contributed by atoms with E-state index in [1.165, 1.54) is 166 Å². The Balaban J connectivity index is 0.000000125. The summed E-state index contributed by atoms with van der Waals surface area (Å²) in [5.41, 5.74) is 41.1. The van der Waals surface area contributed by atoms with Gasteiger partial charge in [-0.2, -0.15) is 0 Å². The predicted octanol–water partition coefficient (Wildman–Crippen LogP) is 39.4. The highest BCUT2D eigenvalue weighted by Gasteiger charge is 2.27. The molecule has 0 bridgehead atoms. The average molecular weight is 1830 g/mol. The summed E-state index contributed by atoms with van der Waals surface area (Å²) in [4.78, 5) is 7.22. The van der Waals surface area contributed by atoms with Gasteiger partial charge in [-0.05, 0) is 248 Å². The molecule has 0 amide bonds. The number of benzene rings is 24. The van der Waals surface area contributed by atoms with E-state index in [-0.39, 0.29) is 0 Å². The highest BCUT2D eigenvalue weighted by molar-refractivity contribution is 6.04. The van der Waals surface area contributed by atoms with Crippen LogP contribution < -0.4 is 14.7 Å². The van der Waals surface area contributed by atoms with Gasteiger partial charge in [-0.3, -0.25) is 0 Å². The van der Waals surface area contributed by atoms with Gasteiger partial charge in [0.25, 0.3) is 0 Å². The van der Waals surface area contributed by atoms with E-state index in [0.717, 1.165) is 51.2 Å². The Morgan fingerprint density at radius 1 is 0.0979 bits per heavy atom. The second-order valence-corrected chi connectivity index (χ2v) is 35.7. The van der Waals surface area contributed by atoms with Crippen molar-refractivity contribution in [3.8, 4) is 145 Å². The van der Waals surface area contributed by atoms with Gasteiger partial charge in [0.05, 0.1) is 22.7 Å². The van der Waals surface area contributed by atoms with Crippen LogP contribution in [0.5, 0.6) is 0 Å². The van der Waals surface area contributed by atoms with E-state index >= 15 is 0 Å². The smallest absolute Gasteiger partial charge is 0.0618 e. The zero-order chi connectivity index (χ0) is 95.7. The molecule has 0 aliphatic rings. The Labute approximate surface area is 838 Å². The Hall–Kier alpha value is -18.8. The molecule has 676 valence electrons. The molecule has 3 heteroatoms. The Morgan fingerprint density at radius 3 is 0.566 bits per heavy atom. The second kappa shape index (κ2) is 42.4. The minimum absolute atomic E-state index is 1.09. The molecule has 24 aromatic carbocycles. The van der Waals surface area contributed by atoms with Crippen LogP contribution in [0.25, 0.3) is 166 Å².